The van der Waals surface area contributed by atoms with E-state index < -0.39 is 17.2 Å². The molecule has 1 saturated heterocycles. The van der Waals surface area contributed by atoms with Gasteiger partial charge in [-0.25, -0.2) is 9.18 Å². The zero-order valence-corrected chi connectivity index (χ0v) is 18.9. The van der Waals surface area contributed by atoms with E-state index in [1.165, 1.54) is 17.8 Å². The van der Waals surface area contributed by atoms with Gasteiger partial charge in [0.15, 0.2) is 0 Å². The summed E-state index contributed by atoms with van der Waals surface area (Å²) in [6.07, 6.45) is 3.15. The summed E-state index contributed by atoms with van der Waals surface area (Å²) >= 11 is 0. The molecule has 174 valence electrons. The number of hydrogen-bond donors (Lipinski definition) is 1. The molecule has 5 rings (SSSR count). The summed E-state index contributed by atoms with van der Waals surface area (Å²) in [5.74, 6) is -1.82. The summed E-state index contributed by atoms with van der Waals surface area (Å²) in [5.41, 5.74) is 2.14. The van der Waals surface area contributed by atoms with E-state index in [0.717, 1.165) is 30.5 Å². The Balaban J connectivity index is 1.39. The molecular weight excluding hydrogens is 435 g/mol. The second kappa shape index (κ2) is 8.87. The van der Waals surface area contributed by atoms with Crippen LogP contribution in [0.1, 0.15) is 22.8 Å². The van der Waals surface area contributed by atoms with E-state index in [2.05, 4.69) is 28.1 Å². The number of aromatic carboxylic acids is 1. The van der Waals surface area contributed by atoms with Crippen molar-refractivity contribution < 1.29 is 14.3 Å². The van der Waals surface area contributed by atoms with Gasteiger partial charge in [0.1, 0.15) is 11.4 Å². The predicted octanol–water partition coefficient (Wildman–Crippen LogP) is 3.73. The quantitative estimate of drug-likeness (QED) is 0.489. The van der Waals surface area contributed by atoms with Crippen molar-refractivity contribution in [2.24, 2.45) is 0 Å². The highest BCUT2D eigenvalue weighted by Crippen LogP contribution is 2.27. The van der Waals surface area contributed by atoms with Crippen LogP contribution >= 0.6 is 0 Å². The number of aromatic nitrogens is 2. The molecule has 34 heavy (non-hydrogen) atoms. The van der Waals surface area contributed by atoms with Crippen molar-refractivity contribution in [3.63, 3.8) is 0 Å². The van der Waals surface area contributed by atoms with Gasteiger partial charge in [-0.15, -0.1) is 0 Å². The Bertz CT molecular complexity index is 1450. The normalized spacial score (nSPS) is 14.7. The summed E-state index contributed by atoms with van der Waals surface area (Å²) < 4.78 is 16.8. The standard InChI is InChI=1S/C26H25FN4O3/c1-2-30-16-20(26(33)34)25(32)19-13-21(27)23(14-22(19)30)31-11-9-29(10-12-31)15-18-6-3-5-17-7-4-8-28-24(17)18/h3-8,13-14,16H,2,9-12,15H2,1H3,(H,33,34). The third-order valence-electron chi connectivity index (χ3n) is 6.54. The van der Waals surface area contributed by atoms with Crippen LogP contribution in [-0.4, -0.2) is 51.7 Å². The topological polar surface area (TPSA) is 78.7 Å². The lowest BCUT2D eigenvalue weighted by Crippen LogP contribution is -2.46. The predicted molar refractivity (Wildman–Crippen MR) is 130 cm³/mol. The molecule has 0 unspecified atom stereocenters. The van der Waals surface area contributed by atoms with Crippen molar-refractivity contribution >= 4 is 33.5 Å². The van der Waals surface area contributed by atoms with Crippen LogP contribution in [0.25, 0.3) is 21.8 Å². The number of pyridine rings is 2. The minimum atomic E-state index is -1.31. The van der Waals surface area contributed by atoms with Crippen LogP contribution in [0.3, 0.4) is 0 Å². The van der Waals surface area contributed by atoms with Crippen molar-refractivity contribution in [1.29, 1.82) is 0 Å². The number of nitrogens with zero attached hydrogens (tertiary/aromatic N) is 4. The number of piperazine rings is 1. The lowest BCUT2D eigenvalue weighted by atomic mass is 10.1. The van der Waals surface area contributed by atoms with Gasteiger partial charge in [-0.1, -0.05) is 24.3 Å². The van der Waals surface area contributed by atoms with Gasteiger partial charge in [-0.05, 0) is 30.7 Å². The van der Waals surface area contributed by atoms with Gasteiger partial charge in [0, 0.05) is 62.4 Å². The molecule has 1 aliphatic rings. The molecule has 2 aromatic carbocycles. The molecule has 3 heterocycles. The number of para-hydroxylation sites is 1. The minimum Gasteiger partial charge on any atom is -0.477 e. The van der Waals surface area contributed by atoms with E-state index in [1.807, 2.05) is 30.2 Å². The van der Waals surface area contributed by atoms with Crippen LogP contribution in [0.2, 0.25) is 0 Å². The van der Waals surface area contributed by atoms with Crippen LogP contribution in [0.4, 0.5) is 10.1 Å². The molecule has 0 radical (unpaired) electrons. The molecule has 0 bridgehead atoms. The summed E-state index contributed by atoms with van der Waals surface area (Å²) in [7, 11) is 0. The first kappa shape index (κ1) is 22.0. The van der Waals surface area contributed by atoms with Crippen LogP contribution in [0.15, 0.2) is 59.7 Å². The average Bonchev–Trinajstić information content (AvgIpc) is 2.85. The zero-order chi connectivity index (χ0) is 23.8. The van der Waals surface area contributed by atoms with Crippen LogP contribution in [-0.2, 0) is 13.1 Å². The third kappa shape index (κ3) is 3.90. The number of aryl methyl sites for hydroxylation is 1. The fourth-order valence-electron chi connectivity index (χ4n) is 4.74. The maximum absolute atomic E-state index is 15.1. The second-order valence-corrected chi connectivity index (χ2v) is 8.54. The number of carboxylic acid groups (broad SMARTS) is 1. The molecule has 0 atom stereocenters. The van der Waals surface area contributed by atoms with Gasteiger partial charge < -0.3 is 14.6 Å². The van der Waals surface area contributed by atoms with E-state index in [-0.39, 0.29) is 10.9 Å². The summed E-state index contributed by atoms with van der Waals surface area (Å²) in [6, 6.07) is 13.0. The minimum absolute atomic E-state index is 0.0880. The van der Waals surface area contributed by atoms with E-state index in [4.69, 9.17) is 0 Å². The largest absolute Gasteiger partial charge is 0.477 e. The first-order valence-corrected chi connectivity index (χ1v) is 11.4. The maximum atomic E-state index is 15.1. The van der Waals surface area contributed by atoms with Gasteiger partial charge in [0.25, 0.3) is 0 Å². The molecule has 0 spiro atoms. The van der Waals surface area contributed by atoms with Crippen molar-refractivity contribution in [3.05, 3.63) is 82.0 Å². The fourth-order valence-corrected chi connectivity index (χ4v) is 4.74. The molecule has 0 saturated carbocycles. The second-order valence-electron chi connectivity index (χ2n) is 8.54. The molecular formula is C26H25FN4O3. The van der Waals surface area contributed by atoms with Gasteiger partial charge in [-0.2, -0.15) is 0 Å². The summed E-state index contributed by atoms with van der Waals surface area (Å²) in [5, 5.41) is 10.5. The van der Waals surface area contributed by atoms with Gasteiger partial charge in [0.05, 0.1) is 16.7 Å². The molecule has 1 fully saturated rings. The first-order valence-electron chi connectivity index (χ1n) is 11.4. The number of fused-ring (bicyclic) bond motifs is 2. The fraction of sp³-hybridized carbons (Fsp3) is 0.269. The van der Waals surface area contributed by atoms with E-state index in [9.17, 15) is 14.7 Å². The number of benzene rings is 2. The number of carbonyl (C=O) groups is 1. The van der Waals surface area contributed by atoms with E-state index in [0.29, 0.717) is 30.8 Å². The zero-order valence-electron chi connectivity index (χ0n) is 18.9. The number of anilines is 1. The van der Waals surface area contributed by atoms with Crippen molar-refractivity contribution in [2.75, 3.05) is 31.1 Å². The van der Waals surface area contributed by atoms with E-state index in [1.54, 1.807) is 10.6 Å². The molecule has 1 N–H and O–H groups in total. The number of hydrogen-bond acceptors (Lipinski definition) is 5. The highest BCUT2D eigenvalue weighted by molar-refractivity contribution is 5.93. The number of rotatable bonds is 5. The summed E-state index contributed by atoms with van der Waals surface area (Å²) in [4.78, 5) is 32.9. The number of carboxylic acids is 1. The maximum Gasteiger partial charge on any atom is 0.341 e. The first-order chi connectivity index (χ1) is 16.5. The molecule has 0 aliphatic carbocycles. The van der Waals surface area contributed by atoms with Crippen LogP contribution < -0.4 is 10.3 Å². The lowest BCUT2D eigenvalue weighted by Gasteiger charge is -2.36. The molecule has 1 aliphatic heterocycles. The highest BCUT2D eigenvalue weighted by atomic mass is 19.1. The smallest absolute Gasteiger partial charge is 0.341 e. The molecule has 4 aromatic rings. The van der Waals surface area contributed by atoms with Crippen molar-refractivity contribution in [3.8, 4) is 0 Å². The average molecular weight is 461 g/mol. The van der Waals surface area contributed by atoms with E-state index >= 15 is 4.39 Å². The van der Waals surface area contributed by atoms with Gasteiger partial charge in [0.2, 0.25) is 5.43 Å². The van der Waals surface area contributed by atoms with Crippen LogP contribution in [0, 0.1) is 5.82 Å². The molecule has 7 nitrogen and oxygen atoms in total. The Morgan fingerprint density at radius 1 is 1.12 bits per heavy atom. The van der Waals surface area contributed by atoms with Gasteiger partial charge >= 0.3 is 5.97 Å². The molecule has 8 heteroatoms. The Kier molecular flexibility index (Phi) is 5.75. The SMILES string of the molecule is CCn1cc(C(=O)O)c(=O)c2cc(F)c(N3CCN(Cc4cccc5cccnc45)CC3)cc21. The molecule has 0 amide bonds. The monoisotopic (exact) mass is 460 g/mol. The summed E-state index contributed by atoms with van der Waals surface area (Å²) in [6.45, 7) is 5.91. The van der Waals surface area contributed by atoms with Gasteiger partial charge in [-0.3, -0.25) is 14.7 Å². The Morgan fingerprint density at radius 2 is 1.88 bits per heavy atom. The number of halogens is 1. The molecule has 2 aromatic heterocycles. The lowest BCUT2D eigenvalue weighted by molar-refractivity contribution is 0.0695. The third-order valence-corrected chi connectivity index (χ3v) is 6.54. The van der Waals surface area contributed by atoms with Crippen LogP contribution in [0.5, 0.6) is 0 Å². The van der Waals surface area contributed by atoms with Crippen molar-refractivity contribution in [2.45, 2.75) is 20.0 Å². The Morgan fingerprint density at radius 3 is 2.62 bits per heavy atom. The Hall–Kier alpha value is -3.78. The van der Waals surface area contributed by atoms with Crippen molar-refractivity contribution in [1.82, 2.24) is 14.5 Å². The highest BCUT2D eigenvalue weighted by Gasteiger charge is 2.23. The Labute approximate surface area is 195 Å².